The van der Waals surface area contributed by atoms with E-state index in [-0.39, 0.29) is 30.1 Å². The van der Waals surface area contributed by atoms with E-state index < -0.39 is 30.1 Å². The maximum Gasteiger partial charge on any atom is 0.123 e. The minimum Gasteiger partial charge on any atom is -0.507 e. The van der Waals surface area contributed by atoms with Gasteiger partial charge in [-0.1, -0.05) is 25.8 Å². The predicted molar refractivity (Wildman–Crippen MR) is 103 cm³/mol. The van der Waals surface area contributed by atoms with Crippen LogP contribution in [0.25, 0.3) is 0 Å². The van der Waals surface area contributed by atoms with Crippen LogP contribution < -0.4 is 0 Å². The van der Waals surface area contributed by atoms with Crippen LogP contribution in [0.3, 0.4) is 0 Å². The molecule has 3 unspecified atom stereocenters. The fourth-order valence-electron chi connectivity index (χ4n) is 3.94. The number of allylic oxidation sites excluding steroid dienone is 1. The summed E-state index contributed by atoms with van der Waals surface area (Å²) in [6.07, 6.45) is 4.57. The summed E-state index contributed by atoms with van der Waals surface area (Å²) in [5, 5.41) is 61.2. The van der Waals surface area contributed by atoms with Gasteiger partial charge in [-0.05, 0) is 49.5 Å². The molecule has 6 heteroatoms. The molecule has 1 aromatic rings. The summed E-state index contributed by atoms with van der Waals surface area (Å²) in [7, 11) is 0. The number of phenolic OH excluding ortho intramolecular Hbond substituents is 2. The lowest BCUT2D eigenvalue weighted by Crippen LogP contribution is -2.45. The zero-order valence-corrected chi connectivity index (χ0v) is 16.1. The van der Waals surface area contributed by atoms with Crippen LogP contribution >= 0.6 is 0 Å². The summed E-state index contributed by atoms with van der Waals surface area (Å²) in [4.78, 5) is 0. The molecule has 152 valence electrons. The lowest BCUT2D eigenvalue weighted by atomic mass is 9.68. The van der Waals surface area contributed by atoms with E-state index in [9.17, 15) is 30.6 Å². The Morgan fingerprint density at radius 3 is 2.26 bits per heavy atom. The average Bonchev–Trinajstić information content (AvgIpc) is 2.62. The molecule has 1 aliphatic carbocycles. The Hall–Kier alpha value is -1.60. The van der Waals surface area contributed by atoms with Gasteiger partial charge in [0.1, 0.15) is 11.5 Å². The number of unbranched alkanes of at least 4 members (excludes halogenated alkanes) is 2. The number of aromatic hydroxyl groups is 2. The van der Waals surface area contributed by atoms with E-state index in [2.05, 4.69) is 6.92 Å². The van der Waals surface area contributed by atoms with Crippen LogP contribution in [0.5, 0.6) is 11.5 Å². The van der Waals surface area contributed by atoms with Crippen LogP contribution in [-0.2, 0) is 6.42 Å². The molecule has 6 nitrogen and oxygen atoms in total. The number of hydrogen-bond donors (Lipinski definition) is 6. The third-order valence-electron chi connectivity index (χ3n) is 5.63. The molecule has 2 rings (SSSR count). The van der Waals surface area contributed by atoms with Gasteiger partial charge in [-0.3, -0.25) is 0 Å². The van der Waals surface area contributed by atoms with E-state index in [1.807, 2.05) is 0 Å². The zero-order valence-electron chi connectivity index (χ0n) is 16.1. The first-order chi connectivity index (χ1) is 12.7. The van der Waals surface area contributed by atoms with Crippen LogP contribution in [0, 0.1) is 5.92 Å². The van der Waals surface area contributed by atoms with E-state index in [1.54, 1.807) is 18.2 Å². The lowest BCUT2D eigenvalue weighted by molar-refractivity contribution is -0.0670. The number of phenols is 2. The largest absolute Gasteiger partial charge is 0.507 e. The van der Waals surface area contributed by atoms with Crippen molar-refractivity contribution in [3.05, 3.63) is 34.9 Å². The Kier molecular flexibility index (Phi) is 7.28. The smallest absolute Gasteiger partial charge is 0.123 e. The van der Waals surface area contributed by atoms with Crippen molar-refractivity contribution in [2.24, 2.45) is 5.92 Å². The highest BCUT2D eigenvalue weighted by atomic mass is 16.3. The minimum atomic E-state index is -1.53. The van der Waals surface area contributed by atoms with Gasteiger partial charge in [0, 0.05) is 17.4 Å². The lowest BCUT2D eigenvalue weighted by Gasteiger charge is -2.41. The molecule has 0 aliphatic heterocycles. The predicted octanol–water partition coefficient (Wildman–Crippen LogP) is 1.96. The number of benzene rings is 1. The van der Waals surface area contributed by atoms with Gasteiger partial charge < -0.3 is 30.6 Å². The van der Waals surface area contributed by atoms with Crippen molar-refractivity contribution in [2.75, 3.05) is 13.2 Å². The summed E-state index contributed by atoms with van der Waals surface area (Å²) in [5.41, 5.74) is -0.0848. The van der Waals surface area contributed by atoms with Crippen LogP contribution in [-0.4, -0.2) is 55.6 Å². The molecule has 0 saturated carbocycles. The van der Waals surface area contributed by atoms with Gasteiger partial charge in [-0.25, -0.2) is 0 Å². The van der Waals surface area contributed by atoms with Gasteiger partial charge >= 0.3 is 0 Å². The van der Waals surface area contributed by atoms with E-state index in [0.717, 1.165) is 31.2 Å². The second-order valence-electron chi connectivity index (χ2n) is 7.80. The van der Waals surface area contributed by atoms with E-state index >= 15 is 0 Å². The number of aliphatic hydroxyl groups is 4. The first kappa shape index (κ1) is 21.7. The summed E-state index contributed by atoms with van der Waals surface area (Å²) in [6.45, 7) is 2.68. The molecule has 0 heterocycles. The first-order valence-electron chi connectivity index (χ1n) is 9.62. The van der Waals surface area contributed by atoms with E-state index in [4.69, 9.17) is 0 Å². The second-order valence-corrected chi connectivity index (χ2v) is 7.80. The number of hydrogen-bond acceptors (Lipinski definition) is 6. The SMILES string of the molecule is CCCCCc1cc(O)c(C2C=C(CO)C(O)C[C@H]2C(C)(O)CO)c(O)c1. The number of rotatable bonds is 8. The summed E-state index contributed by atoms with van der Waals surface area (Å²) in [5.74, 6) is -1.47. The maximum atomic E-state index is 10.6. The van der Waals surface area contributed by atoms with Gasteiger partial charge in [0.25, 0.3) is 0 Å². The molecule has 1 aliphatic rings. The standard InChI is InChI=1S/C21H32O6/c1-3-4-5-6-13-7-18(25)20(19(26)8-13)15-9-14(11-22)17(24)10-16(15)21(2,27)12-23/h7-9,15-17,22-27H,3-6,10-12H2,1-2H3/t15?,16-,17?,21?/m1/s1. The Balaban J connectivity index is 2.46. The van der Waals surface area contributed by atoms with Crippen molar-refractivity contribution in [2.45, 2.75) is 63.6 Å². The molecular formula is C21H32O6. The summed E-state index contributed by atoms with van der Waals surface area (Å²) < 4.78 is 0. The van der Waals surface area contributed by atoms with Gasteiger partial charge in [-0.2, -0.15) is 0 Å². The molecule has 27 heavy (non-hydrogen) atoms. The first-order valence-corrected chi connectivity index (χ1v) is 9.62. The van der Waals surface area contributed by atoms with Crippen molar-refractivity contribution in [1.82, 2.24) is 0 Å². The second kappa shape index (κ2) is 9.06. The molecule has 0 aromatic heterocycles. The van der Waals surface area contributed by atoms with Gasteiger partial charge in [0.05, 0.1) is 24.9 Å². The molecule has 0 spiro atoms. The van der Waals surface area contributed by atoms with Crippen LogP contribution in [0.2, 0.25) is 0 Å². The third kappa shape index (κ3) is 4.82. The van der Waals surface area contributed by atoms with Crippen molar-refractivity contribution in [3.8, 4) is 11.5 Å². The summed E-state index contributed by atoms with van der Waals surface area (Å²) in [6, 6.07) is 3.24. The monoisotopic (exact) mass is 380 g/mol. The average molecular weight is 380 g/mol. The third-order valence-corrected chi connectivity index (χ3v) is 5.63. The normalized spacial score (nSPS) is 25.1. The van der Waals surface area contributed by atoms with Gasteiger partial charge in [0.15, 0.2) is 0 Å². The van der Waals surface area contributed by atoms with E-state index in [1.165, 1.54) is 6.92 Å². The highest BCUT2D eigenvalue weighted by Gasteiger charge is 2.43. The Morgan fingerprint density at radius 1 is 1.11 bits per heavy atom. The van der Waals surface area contributed by atoms with Gasteiger partial charge in [0.2, 0.25) is 0 Å². The topological polar surface area (TPSA) is 121 Å². The molecule has 6 N–H and O–H groups in total. The molecule has 0 amide bonds. The molecular weight excluding hydrogens is 348 g/mol. The number of aliphatic hydroxyl groups excluding tert-OH is 3. The molecule has 1 aromatic carbocycles. The Labute approximate surface area is 160 Å². The van der Waals surface area contributed by atoms with Crippen LogP contribution in [0.4, 0.5) is 0 Å². The Bertz CT molecular complexity index is 644. The molecule has 0 fully saturated rings. The van der Waals surface area contributed by atoms with Gasteiger partial charge in [-0.15, -0.1) is 0 Å². The zero-order chi connectivity index (χ0) is 20.2. The highest BCUT2D eigenvalue weighted by molar-refractivity contribution is 5.51. The van der Waals surface area contributed by atoms with Crippen LogP contribution in [0.15, 0.2) is 23.8 Å². The number of aryl methyl sites for hydroxylation is 1. The Morgan fingerprint density at radius 2 is 1.74 bits per heavy atom. The molecule has 4 atom stereocenters. The van der Waals surface area contributed by atoms with E-state index in [0.29, 0.717) is 5.57 Å². The fourth-order valence-corrected chi connectivity index (χ4v) is 3.94. The molecule has 0 radical (unpaired) electrons. The molecule has 0 saturated heterocycles. The van der Waals surface area contributed by atoms with Crippen molar-refractivity contribution >= 4 is 0 Å². The fraction of sp³-hybridized carbons (Fsp3) is 0.619. The van der Waals surface area contributed by atoms with Crippen molar-refractivity contribution < 1.29 is 30.6 Å². The quantitative estimate of drug-likeness (QED) is 0.303. The highest BCUT2D eigenvalue weighted by Crippen LogP contribution is 2.48. The maximum absolute atomic E-state index is 10.6. The van der Waals surface area contributed by atoms with Crippen LogP contribution in [0.1, 0.15) is 56.6 Å². The minimum absolute atomic E-state index is 0.0878. The summed E-state index contributed by atoms with van der Waals surface area (Å²) >= 11 is 0. The van der Waals surface area contributed by atoms with Crippen molar-refractivity contribution in [3.63, 3.8) is 0 Å². The molecule has 0 bridgehead atoms. The van der Waals surface area contributed by atoms with Crippen molar-refractivity contribution in [1.29, 1.82) is 0 Å².